The lowest BCUT2D eigenvalue weighted by molar-refractivity contribution is -0.129. The van der Waals surface area contributed by atoms with Crippen molar-refractivity contribution >= 4 is 21.6 Å². The fourth-order valence-electron chi connectivity index (χ4n) is 3.02. The standard InChI is InChI=1S/C21H24N4O4S/c1-15-10-11-18(16(2)12-15)25(30(4,27)28)14-20(26)24(3)13-19-22-21(23-29-19)17-8-6-5-7-9-17/h5-12H,13-14H2,1-4H3. The Morgan fingerprint density at radius 3 is 2.43 bits per heavy atom. The molecule has 1 amide bonds. The zero-order valence-electron chi connectivity index (χ0n) is 17.4. The Bertz CT molecular complexity index is 1140. The lowest BCUT2D eigenvalue weighted by Crippen LogP contribution is -2.41. The number of anilines is 1. The molecule has 1 heterocycles. The van der Waals surface area contributed by atoms with Crippen LogP contribution >= 0.6 is 0 Å². The average Bonchev–Trinajstić information content (AvgIpc) is 3.15. The van der Waals surface area contributed by atoms with Crippen molar-refractivity contribution in [1.82, 2.24) is 15.0 Å². The fraction of sp³-hybridized carbons (Fsp3) is 0.286. The summed E-state index contributed by atoms with van der Waals surface area (Å²) in [5.41, 5.74) is 3.08. The van der Waals surface area contributed by atoms with Gasteiger partial charge in [-0.05, 0) is 25.5 Å². The molecular weight excluding hydrogens is 404 g/mol. The van der Waals surface area contributed by atoms with Crippen LogP contribution in [-0.2, 0) is 21.4 Å². The van der Waals surface area contributed by atoms with E-state index in [2.05, 4.69) is 10.1 Å². The van der Waals surface area contributed by atoms with E-state index < -0.39 is 10.0 Å². The molecule has 8 nitrogen and oxygen atoms in total. The van der Waals surface area contributed by atoms with E-state index >= 15 is 0 Å². The number of sulfonamides is 1. The van der Waals surface area contributed by atoms with Crippen LogP contribution in [0.4, 0.5) is 5.69 Å². The Morgan fingerprint density at radius 2 is 1.80 bits per heavy atom. The van der Waals surface area contributed by atoms with Gasteiger partial charge in [-0.15, -0.1) is 0 Å². The Morgan fingerprint density at radius 1 is 1.10 bits per heavy atom. The van der Waals surface area contributed by atoms with Crippen LogP contribution in [-0.4, -0.2) is 49.2 Å². The van der Waals surface area contributed by atoms with Gasteiger partial charge in [-0.2, -0.15) is 4.98 Å². The van der Waals surface area contributed by atoms with Crippen molar-refractivity contribution in [3.05, 3.63) is 65.5 Å². The molecule has 0 unspecified atom stereocenters. The molecule has 3 rings (SSSR count). The number of benzene rings is 2. The molecule has 0 aliphatic rings. The highest BCUT2D eigenvalue weighted by molar-refractivity contribution is 7.92. The van der Waals surface area contributed by atoms with Gasteiger partial charge < -0.3 is 9.42 Å². The molecule has 0 bridgehead atoms. The zero-order chi connectivity index (χ0) is 21.9. The molecule has 0 spiro atoms. The first-order valence-electron chi connectivity index (χ1n) is 9.32. The van der Waals surface area contributed by atoms with E-state index in [0.717, 1.165) is 27.3 Å². The minimum Gasteiger partial charge on any atom is -0.337 e. The predicted molar refractivity (Wildman–Crippen MR) is 114 cm³/mol. The molecule has 2 aromatic carbocycles. The third kappa shape index (κ3) is 5.04. The second kappa shape index (κ2) is 8.66. The first-order valence-corrected chi connectivity index (χ1v) is 11.2. The lowest BCUT2D eigenvalue weighted by Gasteiger charge is -2.26. The smallest absolute Gasteiger partial charge is 0.246 e. The molecule has 3 aromatic rings. The SMILES string of the molecule is Cc1ccc(N(CC(=O)N(C)Cc2nc(-c3ccccc3)no2)S(C)(=O)=O)c(C)c1. The van der Waals surface area contributed by atoms with Gasteiger partial charge in [-0.1, -0.05) is 53.2 Å². The number of nitrogens with zero attached hydrogens (tertiary/aromatic N) is 4. The monoisotopic (exact) mass is 428 g/mol. The van der Waals surface area contributed by atoms with E-state index in [1.165, 1.54) is 4.90 Å². The molecule has 0 saturated carbocycles. The van der Waals surface area contributed by atoms with Crippen LogP contribution in [0.1, 0.15) is 17.0 Å². The highest BCUT2D eigenvalue weighted by Crippen LogP contribution is 2.24. The van der Waals surface area contributed by atoms with Crippen LogP contribution in [0, 0.1) is 13.8 Å². The summed E-state index contributed by atoms with van der Waals surface area (Å²) >= 11 is 0. The number of aromatic nitrogens is 2. The summed E-state index contributed by atoms with van der Waals surface area (Å²) in [6, 6.07) is 14.8. The molecule has 0 radical (unpaired) electrons. The minimum atomic E-state index is -3.65. The van der Waals surface area contributed by atoms with Crippen molar-refractivity contribution in [3.8, 4) is 11.4 Å². The van der Waals surface area contributed by atoms with E-state index in [4.69, 9.17) is 4.52 Å². The van der Waals surface area contributed by atoms with Crippen molar-refractivity contribution in [2.45, 2.75) is 20.4 Å². The number of amides is 1. The number of rotatable bonds is 7. The second-order valence-corrected chi connectivity index (χ2v) is 9.09. The van der Waals surface area contributed by atoms with Crippen LogP contribution in [0.5, 0.6) is 0 Å². The molecule has 0 aliphatic heterocycles. The normalized spacial score (nSPS) is 11.3. The molecule has 9 heteroatoms. The molecule has 0 N–H and O–H groups in total. The average molecular weight is 429 g/mol. The van der Waals surface area contributed by atoms with Gasteiger partial charge in [0.1, 0.15) is 6.54 Å². The van der Waals surface area contributed by atoms with Gasteiger partial charge in [-0.3, -0.25) is 9.10 Å². The predicted octanol–water partition coefficient (Wildman–Crippen LogP) is 2.78. The van der Waals surface area contributed by atoms with Gasteiger partial charge in [0.15, 0.2) is 0 Å². The third-order valence-corrected chi connectivity index (χ3v) is 5.72. The van der Waals surface area contributed by atoms with E-state index in [1.807, 2.05) is 56.3 Å². The number of hydrogen-bond donors (Lipinski definition) is 0. The van der Waals surface area contributed by atoms with Crippen LogP contribution < -0.4 is 4.31 Å². The summed E-state index contributed by atoms with van der Waals surface area (Å²) in [6.07, 6.45) is 1.09. The summed E-state index contributed by atoms with van der Waals surface area (Å²) in [7, 11) is -2.09. The maximum absolute atomic E-state index is 12.8. The van der Waals surface area contributed by atoms with Crippen molar-refractivity contribution in [3.63, 3.8) is 0 Å². The maximum Gasteiger partial charge on any atom is 0.246 e. The van der Waals surface area contributed by atoms with Gasteiger partial charge in [0.2, 0.25) is 27.6 Å². The number of hydrogen-bond acceptors (Lipinski definition) is 6. The molecular formula is C21H24N4O4S. The second-order valence-electron chi connectivity index (χ2n) is 7.19. The number of aryl methyl sites for hydroxylation is 2. The molecule has 158 valence electrons. The van der Waals surface area contributed by atoms with Gasteiger partial charge in [0.25, 0.3) is 0 Å². The molecule has 0 aliphatic carbocycles. The summed E-state index contributed by atoms with van der Waals surface area (Å²) in [5.74, 6) is 0.307. The Hall–Kier alpha value is -3.20. The highest BCUT2D eigenvalue weighted by atomic mass is 32.2. The van der Waals surface area contributed by atoms with Crippen LogP contribution in [0.3, 0.4) is 0 Å². The maximum atomic E-state index is 12.8. The van der Waals surface area contributed by atoms with E-state index in [1.54, 1.807) is 13.1 Å². The lowest BCUT2D eigenvalue weighted by atomic mass is 10.1. The largest absolute Gasteiger partial charge is 0.337 e. The van der Waals surface area contributed by atoms with Gasteiger partial charge in [0.05, 0.1) is 18.5 Å². The van der Waals surface area contributed by atoms with E-state index in [9.17, 15) is 13.2 Å². The van der Waals surface area contributed by atoms with Gasteiger partial charge in [-0.25, -0.2) is 8.42 Å². The summed E-state index contributed by atoms with van der Waals surface area (Å²) in [6.45, 7) is 3.49. The number of carbonyl (C=O) groups excluding carboxylic acids is 1. The van der Waals surface area contributed by atoms with Gasteiger partial charge in [0, 0.05) is 12.6 Å². The first-order chi connectivity index (χ1) is 14.1. The van der Waals surface area contributed by atoms with Gasteiger partial charge >= 0.3 is 0 Å². The van der Waals surface area contributed by atoms with Crippen molar-refractivity contribution < 1.29 is 17.7 Å². The number of carbonyl (C=O) groups is 1. The summed E-state index contributed by atoms with van der Waals surface area (Å²) < 4.78 is 31.1. The minimum absolute atomic E-state index is 0.0726. The van der Waals surface area contributed by atoms with E-state index in [-0.39, 0.29) is 24.9 Å². The molecule has 30 heavy (non-hydrogen) atoms. The highest BCUT2D eigenvalue weighted by Gasteiger charge is 2.25. The molecule has 1 aromatic heterocycles. The zero-order valence-corrected chi connectivity index (χ0v) is 18.2. The topological polar surface area (TPSA) is 96.6 Å². The van der Waals surface area contributed by atoms with Crippen molar-refractivity contribution in [2.75, 3.05) is 24.2 Å². The molecule has 0 saturated heterocycles. The van der Waals surface area contributed by atoms with Crippen molar-refractivity contribution in [1.29, 1.82) is 0 Å². The molecule has 0 atom stereocenters. The van der Waals surface area contributed by atoms with Crippen LogP contribution in [0.2, 0.25) is 0 Å². The van der Waals surface area contributed by atoms with E-state index in [0.29, 0.717) is 11.5 Å². The Labute approximate surface area is 176 Å². The first kappa shape index (κ1) is 21.5. The summed E-state index contributed by atoms with van der Waals surface area (Å²) in [4.78, 5) is 18.4. The van der Waals surface area contributed by atoms with Crippen LogP contribution in [0.25, 0.3) is 11.4 Å². The summed E-state index contributed by atoms with van der Waals surface area (Å²) in [5, 5.41) is 3.94. The quantitative estimate of drug-likeness (QED) is 0.574. The Balaban J connectivity index is 1.74. The van der Waals surface area contributed by atoms with Crippen molar-refractivity contribution in [2.24, 2.45) is 0 Å². The Kier molecular flexibility index (Phi) is 6.21. The molecule has 0 fully saturated rings. The van der Waals surface area contributed by atoms with Crippen LogP contribution in [0.15, 0.2) is 53.1 Å². The fourth-order valence-corrected chi connectivity index (χ4v) is 3.93. The number of likely N-dealkylation sites (N-methyl/N-ethyl adjacent to an activating group) is 1. The third-order valence-electron chi connectivity index (χ3n) is 4.60.